The number of ketones is 1. The van der Waals surface area contributed by atoms with Crippen molar-refractivity contribution in [2.75, 3.05) is 13.2 Å². The average molecular weight is 367 g/mol. The summed E-state index contributed by atoms with van der Waals surface area (Å²) in [5, 5.41) is 0. The molecule has 1 aliphatic heterocycles. The van der Waals surface area contributed by atoms with Gasteiger partial charge in [0.05, 0.1) is 24.3 Å². The lowest BCUT2D eigenvalue weighted by molar-refractivity contribution is -0.135. The molecule has 6 nitrogen and oxygen atoms in total. The number of carbonyl (C=O) groups is 3. The number of ether oxygens (including phenoxy) is 2. The molecule has 3 rings (SSSR count). The number of Topliss-reactive ketones (excluding diaryl/α,β-unsaturated/α-hetero) is 1. The summed E-state index contributed by atoms with van der Waals surface area (Å²) in [6.45, 7) is 3.66. The van der Waals surface area contributed by atoms with Crippen LogP contribution in [-0.4, -0.2) is 41.8 Å². The maximum Gasteiger partial charge on any atom is 0.270 e. The molecule has 2 amide bonds. The van der Waals surface area contributed by atoms with Crippen LogP contribution in [0.1, 0.15) is 41.0 Å². The minimum atomic E-state index is -0.812. The van der Waals surface area contributed by atoms with Gasteiger partial charge in [0.1, 0.15) is 11.5 Å². The highest BCUT2D eigenvalue weighted by molar-refractivity contribution is 6.12. The van der Waals surface area contributed by atoms with E-state index >= 15 is 0 Å². The number of benzene rings is 2. The quantitative estimate of drug-likeness (QED) is 0.579. The third-order valence-corrected chi connectivity index (χ3v) is 4.33. The van der Waals surface area contributed by atoms with E-state index in [2.05, 4.69) is 0 Å². The highest BCUT2D eigenvalue weighted by Crippen LogP contribution is 2.27. The third-order valence-electron chi connectivity index (χ3n) is 4.33. The second-order valence-corrected chi connectivity index (χ2v) is 6.09. The number of rotatable bonds is 6. The van der Waals surface area contributed by atoms with Crippen LogP contribution in [0.2, 0.25) is 0 Å². The van der Waals surface area contributed by atoms with Gasteiger partial charge in [0.15, 0.2) is 11.9 Å². The van der Waals surface area contributed by atoms with Crippen LogP contribution >= 0.6 is 0 Å². The molecule has 0 saturated carbocycles. The molecule has 0 aliphatic carbocycles. The van der Waals surface area contributed by atoms with Gasteiger partial charge >= 0.3 is 0 Å². The molecule has 2 aromatic rings. The SMILES string of the molecule is CCOc1ccccc1C(=O)CN1C(=O)c2ccccc2O[C@H](CC)C1=O. The number of imide groups is 1. The first-order valence-electron chi connectivity index (χ1n) is 8.93. The normalized spacial score (nSPS) is 16.4. The zero-order chi connectivity index (χ0) is 19.4. The lowest BCUT2D eigenvalue weighted by atomic mass is 10.1. The highest BCUT2D eigenvalue weighted by atomic mass is 16.5. The molecule has 0 bridgehead atoms. The predicted octanol–water partition coefficient (Wildman–Crippen LogP) is 3.11. The molecular weight excluding hydrogens is 346 g/mol. The molecule has 0 N–H and O–H groups in total. The van der Waals surface area contributed by atoms with Crippen molar-refractivity contribution in [1.82, 2.24) is 4.90 Å². The number of amides is 2. The second-order valence-electron chi connectivity index (χ2n) is 6.09. The summed E-state index contributed by atoms with van der Waals surface area (Å²) in [6, 6.07) is 13.5. The Balaban J connectivity index is 1.94. The fraction of sp³-hybridized carbons (Fsp3) is 0.286. The van der Waals surface area contributed by atoms with Crippen molar-refractivity contribution in [2.45, 2.75) is 26.4 Å². The van der Waals surface area contributed by atoms with Crippen LogP contribution in [0.5, 0.6) is 11.5 Å². The lowest BCUT2D eigenvalue weighted by Gasteiger charge is -2.21. The van der Waals surface area contributed by atoms with Gasteiger partial charge in [-0.05, 0) is 37.6 Å². The Hall–Kier alpha value is -3.15. The van der Waals surface area contributed by atoms with Crippen LogP contribution in [0.4, 0.5) is 0 Å². The average Bonchev–Trinajstić information content (AvgIpc) is 2.79. The fourth-order valence-electron chi connectivity index (χ4n) is 2.98. The number of nitrogens with zero attached hydrogens (tertiary/aromatic N) is 1. The monoisotopic (exact) mass is 367 g/mol. The van der Waals surface area contributed by atoms with E-state index in [1.807, 2.05) is 6.92 Å². The third kappa shape index (κ3) is 3.69. The number of hydrogen-bond donors (Lipinski definition) is 0. The van der Waals surface area contributed by atoms with E-state index in [0.717, 1.165) is 4.90 Å². The first-order valence-corrected chi connectivity index (χ1v) is 8.93. The van der Waals surface area contributed by atoms with Crippen LogP contribution in [0.3, 0.4) is 0 Å². The summed E-state index contributed by atoms with van der Waals surface area (Å²) in [4.78, 5) is 39.6. The summed E-state index contributed by atoms with van der Waals surface area (Å²) in [7, 11) is 0. The first kappa shape index (κ1) is 18.6. The summed E-state index contributed by atoms with van der Waals surface area (Å²) in [5.41, 5.74) is 0.610. The standard InChI is InChI=1S/C21H21NO5/c1-3-17-21(25)22(20(24)15-10-6-8-12-19(15)27-17)13-16(23)14-9-5-7-11-18(14)26-4-2/h5-12,17H,3-4,13H2,1-2H3/t17-/m1/s1. The van der Waals surface area contributed by atoms with Crippen LogP contribution in [0.15, 0.2) is 48.5 Å². The Labute approximate surface area is 157 Å². The molecule has 6 heteroatoms. The molecule has 1 heterocycles. The maximum atomic E-state index is 12.9. The summed E-state index contributed by atoms with van der Waals surface area (Å²) < 4.78 is 11.2. The van der Waals surface area contributed by atoms with E-state index in [9.17, 15) is 14.4 Å². The van der Waals surface area contributed by atoms with Crippen LogP contribution in [-0.2, 0) is 4.79 Å². The van der Waals surface area contributed by atoms with Gasteiger partial charge in [-0.25, -0.2) is 0 Å². The molecule has 140 valence electrons. The molecule has 0 unspecified atom stereocenters. The minimum Gasteiger partial charge on any atom is -0.493 e. The number of para-hydroxylation sites is 2. The molecule has 2 aromatic carbocycles. The van der Waals surface area contributed by atoms with Gasteiger partial charge in [0.2, 0.25) is 0 Å². The van der Waals surface area contributed by atoms with Crippen molar-refractivity contribution < 1.29 is 23.9 Å². The van der Waals surface area contributed by atoms with Gasteiger partial charge in [0, 0.05) is 0 Å². The molecule has 0 spiro atoms. The van der Waals surface area contributed by atoms with Crippen LogP contribution in [0.25, 0.3) is 0 Å². The molecular formula is C21H21NO5. The zero-order valence-corrected chi connectivity index (χ0v) is 15.3. The van der Waals surface area contributed by atoms with Gasteiger partial charge < -0.3 is 9.47 Å². The van der Waals surface area contributed by atoms with Crippen LogP contribution < -0.4 is 9.47 Å². The molecule has 0 radical (unpaired) electrons. The van der Waals surface area contributed by atoms with Crippen molar-refractivity contribution in [2.24, 2.45) is 0 Å². The number of fused-ring (bicyclic) bond motifs is 1. The molecule has 27 heavy (non-hydrogen) atoms. The Kier molecular flexibility index (Phi) is 5.54. The van der Waals surface area contributed by atoms with Crippen molar-refractivity contribution in [3.05, 3.63) is 59.7 Å². The number of carbonyl (C=O) groups excluding carboxylic acids is 3. The van der Waals surface area contributed by atoms with Crippen molar-refractivity contribution >= 4 is 17.6 Å². The minimum absolute atomic E-state index is 0.271. The van der Waals surface area contributed by atoms with E-state index in [1.54, 1.807) is 55.5 Å². The Morgan fingerprint density at radius 3 is 2.52 bits per heavy atom. The van der Waals surface area contributed by atoms with E-state index in [-0.39, 0.29) is 17.9 Å². The van der Waals surface area contributed by atoms with Crippen molar-refractivity contribution in [3.63, 3.8) is 0 Å². The van der Waals surface area contributed by atoms with E-state index < -0.39 is 17.9 Å². The molecule has 1 atom stereocenters. The Morgan fingerprint density at radius 2 is 1.78 bits per heavy atom. The molecule has 0 aromatic heterocycles. The lowest BCUT2D eigenvalue weighted by Crippen LogP contribution is -2.45. The second kappa shape index (κ2) is 8.03. The summed E-state index contributed by atoms with van der Waals surface area (Å²) in [6.07, 6.45) is -0.423. The highest BCUT2D eigenvalue weighted by Gasteiger charge is 2.36. The van der Waals surface area contributed by atoms with Gasteiger partial charge in [0.25, 0.3) is 11.8 Å². The topological polar surface area (TPSA) is 72.9 Å². The van der Waals surface area contributed by atoms with Gasteiger partial charge in [-0.1, -0.05) is 31.2 Å². The van der Waals surface area contributed by atoms with E-state index in [1.165, 1.54) is 0 Å². The van der Waals surface area contributed by atoms with E-state index in [0.29, 0.717) is 30.1 Å². The summed E-state index contributed by atoms with van der Waals surface area (Å²) in [5.74, 6) is -0.625. The maximum absolute atomic E-state index is 12.9. The predicted molar refractivity (Wildman–Crippen MR) is 99.1 cm³/mol. The molecule has 0 saturated heterocycles. The zero-order valence-electron chi connectivity index (χ0n) is 15.3. The number of hydrogen-bond acceptors (Lipinski definition) is 5. The molecule has 1 aliphatic rings. The van der Waals surface area contributed by atoms with Crippen LogP contribution in [0, 0.1) is 0 Å². The van der Waals surface area contributed by atoms with Gasteiger partial charge in [-0.3, -0.25) is 19.3 Å². The Bertz CT molecular complexity index is 876. The van der Waals surface area contributed by atoms with Crippen molar-refractivity contribution in [3.8, 4) is 11.5 Å². The largest absolute Gasteiger partial charge is 0.493 e. The van der Waals surface area contributed by atoms with E-state index in [4.69, 9.17) is 9.47 Å². The van der Waals surface area contributed by atoms with Crippen molar-refractivity contribution in [1.29, 1.82) is 0 Å². The first-order chi connectivity index (χ1) is 13.1. The smallest absolute Gasteiger partial charge is 0.270 e. The van der Waals surface area contributed by atoms with Gasteiger partial charge in [-0.15, -0.1) is 0 Å². The van der Waals surface area contributed by atoms with Gasteiger partial charge in [-0.2, -0.15) is 0 Å². The fourth-order valence-corrected chi connectivity index (χ4v) is 2.98. The summed E-state index contributed by atoms with van der Waals surface area (Å²) >= 11 is 0. The Morgan fingerprint density at radius 1 is 1.07 bits per heavy atom. The molecule has 0 fully saturated rings.